The fourth-order valence-corrected chi connectivity index (χ4v) is 3.05. The number of aliphatic carboxylic acids is 1. The average molecular weight is 263 g/mol. The van der Waals surface area contributed by atoms with Gasteiger partial charge in [-0.25, -0.2) is 14.8 Å². The van der Waals surface area contributed by atoms with Gasteiger partial charge in [-0.15, -0.1) is 0 Å². The molecule has 1 fully saturated rings. The lowest BCUT2D eigenvalue weighted by atomic mass is 9.90. The Labute approximate surface area is 113 Å². The molecule has 0 amide bonds. The Morgan fingerprint density at radius 3 is 2.79 bits per heavy atom. The Morgan fingerprint density at radius 2 is 2.21 bits per heavy atom. The molecule has 1 aliphatic rings. The Bertz CT molecular complexity index is 469. The number of aryl methyl sites for hydroxylation is 2. The third kappa shape index (κ3) is 2.41. The van der Waals surface area contributed by atoms with Gasteiger partial charge in [-0.1, -0.05) is 13.3 Å². The molecule has 0 radical (unpaired) electrons. The summed E-state index contributed by atoms with van der Waals surface area (Å²) in [6.07, 6.45) is 3.10. The van der Waals surface area contributed by atoms with Gasteiger partial charge in [-0.05, 0) is 33.1 Å². The summed E-state index contributed by atoms with van der Waals surface area (Å²) in [6, 6.07) is 1.88. The number of carbonyl (C=O) groups is 1. The van der Waals surface area contributed by atoms with Crippen LogP contribution in [0.4, 0.5) is 5.82 Å². The molecule has 0 saturated carbocycles. The summed E-state index contributed by atoms with van der Waals surface area (Å²) in [6.45, 7) is 6.53. The van der Waals surface area contributed by atoms with Crippen molar-refractivity contribution in [1.29, 1.82) is 0 Å². The van der Waals surface area contributed by atoms with E-state index in [9.17, 15) is 9.90 Å². The van der Waals surface area contributed by atoms with Crippen LogP contribution in [0, 0.1) is 13.8 Å². The van der Waals surface area contributed by atoms with Crippen molar-refractivity contribution in [3.63, 3.8) is 0 Å². The molecule has 1 aromatic rings. The van der Waals surface area contributed by atoms with Gasteiger partial charge >= 0.3 is 5.97 Å². The third-order valence-corrected chi connectivity index (χ3v) is 3.78. The second-order valence-electron chi connectivity index (χ2n) is 5.26. The molecule has 104 valence electrons. The molecule has 5 nitrogen and oxygen atoms in total. The summed E-state index contributed by atoms with van der Waals surface area (Å²) in [5.41, 5.74) is 0.0901. The summed E-state index contributed by atoms with van der Waals surface area (Å²) in [5.74, 6) is 0.705. The lowest BCUT2D eigenvalue weighted by Crippen LogP contribution is -2.51. The van der Waals surface area contributed by atoms with Crippen molar-refractivity contribution in [2.24, 2.45) is 0 Å². The highest BCUT2D eigenvalue weighted by Crippen LogP contribution is 2.37. The molecule has 0 aliphatic carbocycles. The summed E-state index contributed by atoms with van der Waals surface area (Å²) >= 11 is 0. The van der Waals surface area contributed by atoms with Gasteiger partial charge in [-0.2, -0.15) is 0 Å². The third-order valence-electron chi connectivity index (χ3n) is 3.78. The zero-order valence-corrected chi connectivity index (χ0v) is 11.8. The average Bonchev–Trinajstić information content (AvgIpc) is 2.73. The largest absolute Gasteiger partial charge is 0.479 e. The van der Waals surface area contributed by atoms with Crippen molar-refractivity contribution in [1.82, 2.24) is 9.97 Å². The first-order valence-electron chi connectivity index (χ1n) is 6.83. The molecule has 1 unspecified atom stereocenters. The first kappa shape index (κ1) is 13.8. The molecule has 1 aromatic heterocycles. The van der Waals surface area contributed by atoms with E-state index < -0.39 is 11.5 Å². The van der Waals surface area contributed by atoms with Crippen LogP contribution in [-0.2, 0) is 4.79 Å². The predicted molar refractivity (Wildman–Crippen MR) is 73.4 cm³/mol. The SMILES string of the molecule is CCCC1(C(=O)O)CCCN1c1cc(C)nc(C)n1. The van der Waals surface area contributed by atoms with Crippen LogP contribution >= 0.6 is 0 Å². The molecule has 0 aromatic carbocycles. The minimum Gasteiger partial charge on any atom is -0.479 e. The van der Waals surface area contributed by atoms with E-state index in [2.05, 4.69) is 9.97 Å². The second kappa shape index (κ2) is 5.15. The highest BCUT2D eigenvalue weighted by Gasteiger charge is 2.47. The maximum Gasteiger partial charge on any atom is 0.329 e. The number of nitrogens with zero attached hydrogens (tertiary/aromatic N) is 3. The van der Waals surface area contributed by atoms with Crippen molar-refractivity contribution in [3.05, 3.63) is 17.6 Å². The lowest BCUT2D eigenvalue weighted by molar-refractivity contribution is -0.143. The molecule has 5 heteroatoms. The van der Waals surface area contributed by atoms with E-state index in [4.69, 9.17) is 0 Å². The zero-order chi connectivity index (χ0) is 14.0. The molecular weight excluding hydrogens is 242 g/mol. The maximum atomic E-state index is 11.8. The van der Waals surface area contributed by atoms with E-state index in [0.29, 0.717) is 18.7 Å². The maximum absolute atomic E-state index is 11.8. The molecule has 2 heterocycles. The van der Waals surface area contributed by atoms with Crippen molar-refractivity contribution in [2.75, 3.05) is 11.4 Å². The van der Waals surface area contributed by atoms with Crippen LogP contribution in [0.2, 0.25) is 0 Å². The number of carboxylic acid groups (broad SMARTS) is 1. The monoisotopic (exact) mass is 263 g/mol. The summed E-state index contributed by atoms with van der Waals surface area (Å²) in [5, 5.41) is 9.68. The number of anilines is 1. The van der Waals surface area contributed by atoms with Crippen LogP contribution in [0.25, 0.3) is 0 Å². The standard InChI is InChI=1S/C14H21N3O2/c1-4-6-14(13(18)19)7-5-8-17(14)12-9-10(2)15-11(3)16-12/h9H,4-8H2,1-3H3,(H,18,19). The van der Waals surface area contributed by atoms with E-state index in [1.807, 2.05) is 31.7 Å². The molecule has 19 heavy (non-hydrogen) atoms. The Kier molecular flexibility index (Phi) is 3.73. The molecule has 0 spiro atoms. The minimum atomic E-state index is -0.790. The van der Waals surface area contributed by atoms with Crippen LogP contribution in [0.1, 0.15) is 44.1 Å². The van der Waals surface area contributed by atoms with Gasteiger partial charge in [0.25, 0.3) is 0 Å². The number of hydrogen-bond acceptors (Lipinski definition) is 4. The summed E-state index contributed by atoms with van der Waals surface area (Å²) < 4.78 is 0. The van der Waals surface area contributed by atoms with Gasteiger partial charge in [0.2, 0.25) is 0 Å². The molecule has 1 aliphatic heterocycles. The van der Waals surface area contributed by atoms with E-state index in [1.165, 1.54) is 0 Å². The fourth-order valence-electron chi connectivity index (χ4n) is 3.05. The van der Waals surface area contributed by atoms with Gasteiger partial charge in [-0.3, -0.25) is 0 Å². The Hall–Kier alpha value is -1.65. The van der Waals surface area contributed by atoms with Crippen LogP contribution < -0.4 is 4.90 Å². The van der Waals surface area contributed by atoms with E-state index >= 15 is 0 Å². The van der Waals surface area contributed by atoms with Gasteiger partial charge in [0.05, 0.1) is 0 Å². The van der Waals surface area contributed by atoms with Crippen LogP contribution in [0.3, 0.4) is 0 Å². The predicted octanol–water partition coefficient (Wildman–Crippen LogP) is 2.32. The zero-order valence-electron chi connectivity index (χ0n) is 11.8. The highest BCUT2D eigenvalue weighted by molar-refractivity contribution is 5.84. The quantitative estimate of drug-likeness (QED) is 0.903. The lowest BCUT2D eigenvalue weighted by Gasteiger charge is -2.35. The van der Waals surface area contributed by atoms with Gasteiger partial charge in [0.1, 0.15) is 17.2 Å². The minimum absolute atomic E-state index is 0.657. The fraction of sp³-hybridized carbons (Fsp3) is 0.643. The Morgan fingerprint density at radius 1 is 1.47 bits per heavy atom. The van der Waals surface area contributed by atoms with Gasteiger partial charge in [0, 0.05) is 18.3 Å². The normalized spacial score (nSPS) is 22.8. The second-order valence-corrected chi connectivity index (χ2v) is 5.26. The van der Waals surface area contributed by atoms with Crippen LogP contribution in [0.15, 0.2) is 6.07 Å². The summed E-state index contributed by atoms with van der Waals surface area (Å²) in [4.78, 5) is 22.4. The molecule has 2 rings (SSSR count). The van der Waals surface area contributed by atoms with E-state index in [0.717, 1.165) is 30.9 Å². The topological polar surface area (TPSA) is 66.3 Å². The van der Waals surface area contributed by atoms with Crippen LogP contribution in [0.5, 0.6) is 0 Å². The number of carboxylic acids is 1. The van der Waals surface area contributed by atoms with Crippen molar-refractivity contribution in [2.45, 2.75) is 52.0 Å². The first-order chi connectivity index (χ1) is 8.99. The summed E-state index contributed by atoms with van der Waals surface area (Å²) in [7, 11) is 0. The van der Waals surface area contributed by atoms with Crippen molar-refractivity contribution in [3.8, 4) is 0 Å². The number of rotatable bonds is 4. The van der Waals surface area contributed by atoms with Gasteiger partial charge < -0.3 is 10.0 Å². The molecule has 1 N–H and O–H groups in total. The molecule has 1 saturated heterocycles. The molecule has 0 bridgehead atoms. The van der Waals surface area contributed by atoms with Crippen molar-refractivity contribution >= 4 is 11.8 Å². The van der Waals surface area contributed by atoms with Crippen LogP contribution in [-0.4, -0.2) is 33.1 Å². The van der Waals surface area contributed by atoms with E-state index in [-0.39, 0.29) is 0 Å². The number of aromatic nitrogens is 2. The van der Waals surface area contributed by atoms with E-state index in [1.54, 1.807) is 0 Å². The molecular formula is C14H21N3O2. The van der Waals surface area contributed by atoms with Gasteiger partial charge in [0.15, 0.2) is 0 Å². The smallest absolute Gasteiger partial charge is 0.329 e. The van der Waals surface area contributed by atoms with Crippen molar-refractivity contribution < 1.29 is 9.90 Å². The highest BCUT2D eigenvalue weighted by atomic mass is 16.4. The first-order valence-corrected chi connectivity index (χ1v) is 6.83. The Balaban J connectivity index is 2.43. The molecule has 1 atom stereocenters. The number of hydrogen-bond donors (Lipinski definition) is 1.